The molecule has 2 aromatic carbocycles. The van der Waals surface area contributed by atoms with Crippen molar-refractivity contribution in [2.45, 2.75) is 37.6 Å². The molecule has 0 bridgehead atoms. The van der Waals surface area contributed by atoms with Gasteiger partial charge in [0, 0.05) is 32.7 Å². The van der Waals surface area contributed by atoms with Crippen LogP contribution in [0.3, 0.4) is 0 Å². The highest BCUT2D eigenvalue weighted by Gasteiger charge is 2.41. The maximum atomic E-state index is 13.4. The third-order valence-corrected chi connectivity index (χ3v) is 10.2. The first-order chi connectivity index (χ1) is 16.3. The largest absolute Gasteiger partial charge is 0.345 e. The van der Waals surface area contributed by atoms with Gasteiger partial charge in [0.25, 0.3) is 0 Å². The summed E-state index contributed by atoms with van der Waals surface area (Å²) >= 11 is 7.94. The van der Waals surface area contributed by atoms with Crippen molar-refractivity contribution in [2.24, 2.45) is 0 Å². The average Bonchev–Trinajstić information content (AvgIpc) is 3.50. The third kappa shape index (κ3) is 4.19. The molecule has 0 aliphatic carbocycles. The molecule has 0 saturated carbocycles. The number of fused-ring (bicyclic) bond motifs is 1. The summed E-state index contributed by atoms with van der Waals surface area (Å²) in [5, 5.41) is 1.61. The Morgan fingerprint density at radius 2 is 1.74 bits per heavy atom. The number of carbonyl (C=O) groups is 1. The van der Waals surface area contributed by atoms with Crippen LogP contribution in [0.2, 0.25) is 5.02 Å². The Kier molecular flexibility index (Phi) is 6.31. The molecular formula is C24H27ClN4O3S2. The standard InChI is InChI=1S/C24H27ClN4O3S2/c1-16-5-8-18(9-6-16)34(31,32)29-11-3-4-20(29)23(30)27-12-14-28(15-13-27)24-26-21-17(2)7-10-19(25)22(21)33-24/h5-10,20H,3-4,11-15H2,1-2H3. The SMILES string of the molecule is Cc1ccc(S(=O)(=O)N2CCCC2C(=O)N2CCN(c3nc4c(C)ccc(Cl)c4s3)CC2)cc1. The topological polar surface area (TPSA) is 73.8 Å². The number of aromatic nitrogens is 1. The van der Waals surface area contributed by atoms with Gasteiger partial charge in [-0.25, -0.2) is 13.4 Å². The van der Waals surface area contributed by atoms with E-state index in [-0.39, 0.29) is 10.8 Å². The molecule has 7 nitrogen and oxygen atoms in total. The number of hydrogen-bond donors (Lipinski definition) is 0. The van der Waals surface area contributed by atoms with Crippen LogP contribution >= 0.6 is 22.9 Å². The maximum Gasteiger partial charge on any atom is 0.243 e. The monoisotopic (exact) mass is 518 g/mol. The zero-order chi connectivity index (χ0) is 24.0. The van der Waals surface area contributed by atoms with Gasteiger partial charge in [-0.2, -0.15) is 4.31 Å². The van der Waals surface area contributed by atoms with Crippen molar-refractivity contribution in [3.8, 4) is 0 Å². The quantitative estimate of drug-likeness (QED) is 0.520. The normalized spacial score (nSPS) is 19.8. The second-order valence-electron chi connectivity index (χ2n) is 8.94. The first-order valence-electron chi connectivity index (χ1n) is 11.4. The number of benzene rings is 2. The minimum absolute atomic E-state index is 0.101. The number of anilines is 1. The lowest BCUT2D eigenvalue weighted by atomic mass is 10.2. The molecule has 2 fully saturated rings. The van der Waals surface area contributed by atoms with E-state index in [9.17, 15) is 13.2 Å². The predicted octanol–water partition coefficient (Wildman–Crippen LogP) is 4.07. The molecule has 180 valence electrons. The minimum Gasteiger partial charge on any atom is -0.345 e. The van der Waals surface area contributed by atoms with Crippen molar-refractivity contribution < 1.29 is 13.2 Å². The fourth-order valence-electron chi connectivity index (χ4n) is 4.68. The van der Waals surface area contributed by atoms with Gasteiger partial charge in [0.05, 0.1) is 20.1 Å². The zero-order valence-corrected chi connectivity index (χ0v) is 21.6. The first-order valence-corrected chi connectivity index (χ1v) is 14.1. The molecule has 34 heavy (non-hydrogen) atoms. The molecule has 1 unspecified atom stereocenters. The summed E-state index contributed by atoms with van der Waals surface area (Å²) in [4.78, 5) is 22.4. The molecule has 2 aliphatic heterocycles. The molecule has 1 atom stereocenters. The van der Waals surface area contributed by atoms with E-state index in [0.717, 1.165) is 26.5 Å². The molecule has 1 aromatic heterocycles. The molecule has 3 aromatic rings. The van der Waals surface area contributed by atoms with E-state index in [1.165, 1.54) is 4.31 Å². The zero-order valence-electron chi connectivity index (χ0n) is 19.2. The molecule has 1 amide bonds. The molecule has 5 rings (SSSR count). The van der Waals surface area contributed by atoms with Crippen molar-refractivity contribution in [2.75, 3.05) is 37.6 Å². The summed E-state index contributed by atoms with van der Waals surface area (Å²) in [6, 6.07) is 10.1. The first kappa shape index (κ1) is 23.5. The van der Waals surface area contributed by atoms with Crippen molar-refractivity contribution in [3.63, 3.8) is 0 Å². The number of hydrogen-bond acceptors (Lipinski definition) is 6. The summed E-state index contributed by atoms with van der Waals surface area (Å²) in [6.45, 7) is 6.70. The lowest BCUT2D eigenvalue weighted by Gasteiger charge is -2.37. The van der Waals surface area contributed by atoms with E-state index in [0.29, 0.717) is 50.6 Å². The molecule has 10 heteroatoms. The number of thiazole rings is 1. The summed E-state index contributed by atoms with van der Waals surface area (Å²) in [5.41, 5.74) is 3.01. The van der Waals surface area contributed by atoms with Gasteiger partial charge in [0.1, 0.15) is 6.04 Å². The van der Waals surface area contributed by atoms with E-state index in [2.05, 4.69) is 4.90 Å². The maximum absolute atomic E-state index is 13.4. The number of amides is 1. The second kappa shape index (κ2) is 9.11. The Morgan fingerprint density at radius 3 is 2.41 bits per heavy atom. The number of halogens is 1. The van der Waals surface area contributed by atoms with E-state index < -0.39 is 16.1 Å². The van der Waals surface area contributed by atoms with E-state index in [4.69, 9.17) is 16.6 Å². The Balaban J connectivity index is 1.28. The lowest BCUT2D eigenvalue weighted by molar-refractivity contribution is -0.134. The molecule has 0 spiro atoms. The van der Waals surface area contributed by atoms with Crippen LogP contribution in [-0.4, -0.2) is 67.3 Å². The average molecular weight is 519 g/mol. The number of piperazine rings is 1. The van der Waals surface area contributed by atoms with E-state index in [1.54, 1.807) is 40.5 Å². The van der Waals surface area contributed by atoms with Gasteiger partial charge in [-0.05, 0) is 50.5 Å². The summed E-state index contributed by atoms with van der Waals surface area (Å²) < 4.78 is 28.9. The van der Waals surface area contributed by atoms with Crippen LogP contribution in [0, 0.1) is 13.8 Å². The fraction of sp³-hybridized carbons (Fsp3) is 0.417. The van der Waals surface area contributed by atoms with Gasteiger partial charge in [-0.1, -0.05) is 46.7 Å². The Bertz CT molecular complexity index is 1290. The van der Waals surface area contributed by atoms with Crippen LogP contribution in [0.4, 0.5) is 5.13 Å². The van der Waals surface area contributed by atoms with Gasteiger partial charge >= 0.3 is 0 Å². The van der Waals surface area contributed by atoms with Crippen LogP contribution in [0.5, 0.6) is 0 Å². The van der Waals surface area contributed by atoms with Crippen molar-refractivity contribution in [3.05, 3.63) is 52.5 Å². The number of nitrogens with zero attached hydrogens (tertiary/aromatic N) is 4. The smallest absolute Gasteiger partial charge is 0.243 e. The van der Waals surface area contributed by atoms with Crippen molar-refractivity contribution in [1.82, 2.24) is 14.2 Å². The van der Waals surface area contributed by atoms with Crippen molar-refractivity contribution in [1.29, 1.82) is 0 Å². The number of aryl methyl sites for hydroxylation is 2. The molecular weight excluding hydrogens is 492 g/mol. The van der Waals surface area contributed by atoms with Gasteiger partial charge in [-0.3, -0.25) is 4.79 Å². The Labute approximate surface area is 209 Å². The minimum atomic E-state index is -3.71. The molecule has 3 heterocycles. The van der Waals surface area contributed by atoms with E-state index in [1.807, 2.05) is 26.0 Å². The predicted molar refractivity (Wildman–Crippen MR) is 136 cm³/mol. The molecule has 2 aliphatic rings. The highest BCUT2D eigenvalue weighted by molar-refractivity contribution is 7.89. The van der Waals surface area contributed by atoms with Crippen LogP contribution in [0.15, 0.2) is 41.3 Å². The number of carbonyl (C=O) groups excluding carboxylic acids is 1. The highest BCUT2D eigenvalue weighted by Crippen LogP contribution is 2.36. The van der Waals surface area contributed by atoms with Gasteiger partial charge in [-0.15, -0.1) is 0 Å². The fourth-order valence-corrected chi connectivity index (χ4v) is 7.69. The van der Waals surface area contributed by atoms with Crippen molar-refractivity contribution >= 4 is 54.2 Å². The van der Waals surface area contributed by atoms with Crippen LogP contribution in [0.1, 0.15) is 24.0 Å². The third-order valence-electron chi connectivity index (χ3n) is 6.66. The summed E-state index contributed by atoms with van der Waals surface area (Å²) in [6.07, 6.45) is 1.24. The van der Waals surface area contributed by atoms with Gasteiger partial charge in [0.2, 0.25) is 15.9 Å². The van der Waals surface area contributed by atoms with E-state index >= 15 is 0 Å². The van der Waals surface area contributed by atoms with Crippen LogP contribution in [0.25, 0.3) is 10.2 Å². The lowest BCUT2D eigenvalue weighted by Crippen LogP contribution is -2.54. The molecule has 2 saturated heterocycles. The Hall–Kier alpha value is -2.20. The highest BCUT2D eigenvalue weighted by atomic mass is 35.5. The molecule has 0 N–H and O–H groups in total. The Morgan fingerprint density at radius 1 is 1.03 bits per heavy atom. The number of sulfonamides is 1. The van der Waals surface area contributed by atoms with Crippen LogP contribution in [-0.2, 0) is 14.8 Å². The second-order valence-corrected chi connectivity index (χ2v) is 12.2. The molecule has 0 radical (unpaired) electrons. The number of rotatable bonds is 4. The summed E-state index contributed by atoms with van der Waals surface area (Å²) in [5.74, 6) is -0.101. The van der Waals surface area contributed by atoms with Gasteiger partial charge < -0.3 is 9.80 Å². The van der Waals surface area contributed by atoms with Gasteiger partial charge in [0.15, 0.2) is 5.13 Å². The summed E-state index contributed by atoms with van der Waals surface area (Å²) in [7, 11) is -3.71. The van der Waals surface area contributed by atoms with Crippen LogP contribution < -0.4 is 4.90 Å².